The van der Waals surface area contributed by atoms with Crippen LogP contribution in [0.15, 0.2) is 5.11 Å². The molecule has 0 bridgehead atoms. The van der Waals surface area contributed by atoms with Crippen molar-refractivity contribution in [3.8, 4) is 0 Å². The minimum absolute atomic E-state index is 0.0427. The maximum absolute atomic E-state index is 11.1. The molecule has 2 N–H and O–H groups in total. The molecule has 0 aromatic heterocycles. The highest BCUT2D eigenvalue weighted by Gasteiger charge is 2.62. The summed E-state index contributed by atoms with van der Waals surface area (Å²) in [4.78, 5) is 14.4. The number of fused-ring (bicyclic) bond motifs is 5. The van der Waals surface area contributed by atoms with Crippen molar-refractivity contribution in [2.45, 2.75) is 97.1 Å². The van der Waals surface area contributed by atoms with Crippen molar-refractivity contribution in [1.82, 2.24) is 0 Å². The summed E-state index contributed by atoms with van der Waals surface area (Å²) in [6, 6.07) is 0.0427. The number of aliphatic carboxylic acids is 1. The average molecular weight is 418 g/mol. The smallest absolute Gasteiger partial charge is 0.303 e. The topological polar surface area (TPSA) is 106 Å². The number of aliphatic hydroxyl groups excluding tert-OH is 1. The van der Waals surface area contributed by atoms with Crippen LogP contribution in [0.5, 0.6) is 0 Å². The summed E-state index contributed by atoms with van der Waals surface area (Å²) in [6.45, 7) is 7.16. The molecule has 168 valence electrons. The van der Waals surface area contributed by atoms with E-state index in [4.69, 9.17) is 5.11 Å². The third-order valence-electron chi connectivity index (χ3n) is 10.4. The number of carbonyl (C=O) groups is 1. The first-order chi connectivity index (χ1) is 14.2. The highest BCUT2D eigenvalue weighted by Crippen LogP contribution is 2.68. The summed E-state index contributed by atoms with van der Waals surface area (Å²) in [6.07, 6.45) is 9.32. The summed E-state index contributed by atoms with van der Waals surface area (Å²) in [5.41, 5.74) is 9.81. The molecule has 6 heteroatoms. The summed E-state index contributed by atoms with van der Waals surface area (Å²) < 4.78 is 0. The van der Waals surface area contributed by atoms with E-state index < -0.39 is 5.97 Å². The van der Waals surface area contributed by atoms with Crippen molar-refractivity contribution >= 4 is 5.97 Å². The Hall–Kier alpha value is -1.26. The molecule has 0 aliphatic heterocycles. The number of aliphatic hydroxyl groups is 1. The Kier molecular flexibility index (Phi) is 5.87. The van der Waals surface area contributed by atoms with Crippen LogP contribution in [0.2, 0.25) is 0 Å². The molecule has 0 heterocycles. The van der Waals surface area contributed by atoms with Crippen molar-refractivity contribution in [3.05, 3.63) is 10.4 Å². The highest BCUT2D eigenvalue weighted by atomic mass is 16.4. The SMILES string of the molecule is C[C@H](CCC(=O)O)[C@H]1CC[C@H]2[C@@H]3[C@@H](N=[N+]=[N-])C[C@@H]4C[C@H](O)CC[C@]4(C)[C@H]3CC[C@]12C. The zero-order valence-corrected chi connectivity index (χ0v) is 18.8. The number of carboxylic acids is 1. The van der Waals surface area contributed by atoms with Gasteiger partial charge in [-0.15, -0.1) is 0 Å². The van der Waals surface area contributed by atoms with Gasteiger partial charge >= 0.3 is 5.97 Å². The second-order valence-corrected chi connectivity index (χ2v) is 11.6. The number of hydrogen-bond donors (Lipinski definition) is 2. The Bertz CT molecular complexity index is 722. The maximum Gasteiger partial charge on any atom is 0.303 e. The van der Waals surface area contributed by atoms with Gasteiger partial charge in [-0.25, -0.2) is 0 Å². The fraction of sp³-hybridized carbons (Fsp3) is 0.958. The van der Waals surface area contributed by atoms with Gasteiger partial charge in [0.05, 0.1) is 6.10 Å². The molecule has 30 heavy (non-hydrogen) atoms. The minimum atomic E-state index is -0.695. The number of hydrogen-bond acceptors (Lipinski definition) is 3. The molecule has 4 saturated carbocycles. The molecule has 4 aliphatic rings. The fourth-order valence-corrected chi connectivity index (χ4v) is 8.92. The Morgan fingerprint density at radius 3 is 2.53 bits per heavy atom. The van der Waals surface area contributed by atoms with E-state index in [0.717, 1.165) is 32.1 Å². The largest absolute Gasteiger partial charge is 0.481 e. The molecule has 0 aromatic rings. The van der Waals surface area contributed by atoms with Gasteiger partial charge in [0.25, 0.3) is 0 Å². The molecule has 0 saturated heterocycles. The van der Waals surface area contributed by atoms with Crippen LogP contribution in [0.1, 0.15) is 85.0 Å². The lowest BCUT2D eigenvalue weighted by Gasteiger charge is -2.62. The lowest BCUT2D eigenvalue weighted by molar-refractivity contribution is -0.139. The van der Waals surface area contributed by atoms with Crippen LogP contribution in [0.25, 0.3) is 10.4 Å². The molecule has 4 aliphatic carbocycles. The van der Waals surface area contributed by atoms with E-state index in [1.165, 1.54) is 25.7 Å². The van der Waals surface area contributed by atoms with Crippen molar-refractivity contribution in [2.75, 3.05) is 0 Å². The van der Waals surface area contributed by atoms with Crippen molar-refractivity contribution in [3.63, 3.8) is 0 Å². The summed E-state index contributed by atoms with van der Waals surface area (Å²) in [7, 11) is 0. The van der Waals surface area contributed by atoms with Gasteiger partial charge in [0.1, 0.15) is 0 Å². The number of azide groups is 1. The van der Waals surface area contributed by atoms with Crippen LogP contribution in [-0.2, 0) is 4.79 Å². The predicted octanol–water partition coefficient (Wildman–Crippen LogP) is 5.80. The first kappa shape index (κ1) is 22.0. The summed E-state index contributed by atoms with van der Waals surface area (Å²) in [5.74, 6) is 2.32. The van der Waals surface area contributed by atoms with Crippen LogP contribution in [0, 0.1) is 46.3 Å². The van der Waals surface area contributed by atoms with E-state index in [9.17, 15) is 15.4 Å². The minimum Gasteiger partial charge on any atom is -0.481 e. The lowest BCUT2D eigenvalue weighted by atomic mass is 9.43. The third kappa shape index (κ3) is 3.44. The molecule has 4 fully saturated rings. The Morgan fingerprint density at radius 1 is 1.13 bits per heavy atom. The average Bonchev–Trinajstić information content (AvgIpc) is 3.04. The van der Waals surface area contributed by atoms with Crippen molar-refractivity contribution in [2.24, 2.45) is 51.5 Å². The van der Waals surface area contributed by atoms with Crippen LogP contribution < -0.4 is 0 Å². The van der Waals surface area contributed by atoms with Crippen LogP contribution in [0.3, 0.4) is 0 Å². The van der Waals surface area contributed by atoms with Gasteiger partial charge in [-0.2, -0.15) is 0 Å². The normalized spacial score (nSPS) is 48.6. The van der Waals surface area contributed by atoms with E-state index >= 15 is 0 Å². The molecule has 4 rings (SSSR count). The number of rotatable bonds is 5. The van der Waals surface area contributed by atoms with Crippen molar-refractivity contribution < 1.29 is 15.0 Å². The van der Waals surface area contributed by atoms with Crippen molar-refractivity contribution in [1.29, 1.82) is 0 Å². The van der Waals surface area contributed by atoms with Gasteiger partial charge in [-0.05, 0) is 110 Å². The standard InChI is InChI=1S/C24H39N3O3/c1-14(4-7-21(29)30)17-5-6-18-22-19(9-11-24(17,18)3)23(2)10-8-16(28)12-15(23)13-20(22)26-27-25/h14-20,22,28H,4-13H2,1-3H3,(H,29,30)/t14-,15+,16-,17-,18+,19+,20+,22+,23+,24-/m1/s1. The summed E-state index contributed by atoms with van der Waals surface area (Å²) >= 11 is 0. The summed E-state index contributed by atoms with van der Waals surface area (Å²) in [5, 5.41) is 23.8. The lowest BCUT2D eigenvalue weighted by Crippen LogP contribution is -2.58. The quantitative estimate of drug-likeness (QED) is 0.335. The van der Waals surface area contributed by atoms with Gasteiger partial charge in [0, 0.05) is 17.4 Å². The number of nitrogens with zero attached hydrogens (tertiary/aromatic N) is 3. The zero-order valence-electron chi connectivity index (χ0n) is 18.8. The molecule has 0 spiro atoms. The van der Waals surface area contributed by atoms with Gasteiger partial charge in [0.15, 0.2) is 0 Å². The predicted molar refractivity (Wildman–Crippen MR) is 116 cm³/mol. The molecule has 0 aromatic carbocycles. The first-order valence-corrected chi connectivity index (χ1v) is 12.1. The van der Waals surface area contributed by atoms with Gasteiger partial charge in [-0.1, -0.05) is 25.9 Å². The van der Waals surface area contributed by atoms with Gasteiger partial charge in [0.2, 0.25) is 0 Å². The Morgan fingerprint density at radius 2 is 1.83 bits per heavy atom. The second-order valence-electron chi connectivity index (χ2n) is 11.6. The maximum atomic E-state index is 11.1. The van der Waals surface area contributed by atoms with Crippen LogP contribution in [-0.4, -0.2) is 28.3 Å². The van der Waals surface area contributed by atoms with E-state index in [2.05, 4.69) is 30.8 Å². The van der Waals surface area contributed by atoms with Crippen LogP contribution >= 0.6 is 0 Å². The Balaban J connectivity index is 1.62. The van der Waals surface area contributed by atoms with Gasteiger partial charge < -0.3 is 10.2 Å². The van der Waals surface area contributed by atoms with E-state index in [1.807, 2.05) is 0 Å². The molecule has 0 amide bonds. The molecule has 0 radical (unpaired) electrons. The molecular formula is C24H39N3O3. The first-order valence-electron chi connectivity index (χ1n) is 12.1. The monoisotopic (exact) mass is 417 g/mol. The van der Waals surface area contributed by atoms with Gasteiger partial charge in [-0.3, -0.25) is 4.79 Å². The second kappa shape index (κ2) is 8.02. The Labute approximate surface area is 180 Å². The molecular weight excluding hydrogens is 378 g/mol. The molecule has 0 unspecified atom stereocenters. The van der Waals surface area contributed by atoms with E-state index in [-0.39, 0.29) is 29.4 Å². The molecule has 6 nitrogen and oxygen atoms in total. The third-order valence-corrected chi connectivity index (χ3v) is 10.4. The fourth-order valence-electron chi connectivity index (χ4n) is 8.92. The highest BCUT2D eigenvalue weighted by molar-refractivity contribution is 5.66. The molecule has 10 atom stereocenters. The number of carboxylic acid groups (broad SMARTS) is 1. The zero-order chi connectivity index (χ0) is 21.7. The van der Waals surface area contributed by atoms with E-state index in [1.54, 1.807) is 0 Å². The van der Waals surface area contributed by atoms with E-state index in [0.29, 0.717) is 35.5 Å². The van der Waals surface area contributed by atoms with Crippen LogP contribution in [0.4, 0.5) is 0 Å².